The minimum Gasteiger partial charge on any atom is -0.478 e. The molecule has 0 atom stereocenters. The summed E-state index contributed by atoms with van der Waals surface area (Å²) < 4.78 is 6.62. The van der Waals surface area contributed by atoms with Gasteiger partial charge in [0, 0.05) is 13.5 Å². The second-order valence-electron chi connectivity index (χ2n) is 4.42. The Bertz CT molecular complexity index is 780. The fourth-order valence-electron chi connectivity index (χ4n) is 2.08. The van der Waals surface area contributed by atoms with Crippen molar-refractivity contribution in [3.05, 3.63) is 41.0 Å². The minimum atomic E-state index is -1.01. The van der Waals surface area contributed by atoms with E-state index in [0.717, 1.165) is 10.6 Å². The van der Waals surface area contributed by atoms with E-state index in [4.69, 9.17) is 4.74 Å². The van der Waals surface area contributed by atoms with Crippen molar-refractivity contribution >= 4 is 23.0 Å². The van der Waals surface area contributed by atoms with Crippen molar-refractivity contribution in [3.8, 4) is 10.6 Å². The maximum atomic E-state index is 11.3. The lowest BCUT2D eigenvalue weighted by atomic mass is 10.2. The molecule has 0 unspecified atom stereocenters. The number of carbonyl (C=O) groups is 1. The number of aromatic nitrogens is 3. The van der Waals surface area contributed by atoms with Gasteiger partial charge in [-0.15, -0.1) is 11.3 Å². The Hall–Kier alpha value is -2.25. The van der Waals surface area contributed by atoms with Gasteiger partial charge in [0.2, 0.25) is 0 Å². The van der Waals surface area contributed by atoms with Crippen molar-refractivity contribution in [2.75, 3.05) is 13.7 Å². The third kappa shape index (κ3) is 2.53. The summed E-state index contributed by atoms with van der Waals surface area (Å²) in [5, 5.41) is 15.7. The number of nitrogens with zero attached hydrogens (tertiary/aromatic N) is 3. The Kier molecular flexibility index (Phi) is 3.68. The minimum absolute atomic E-state index is 0.145. The van der Waals surface area contributed by atoms with Crippen molar-refractivity contribution in [1.29, 1.82) is 0 Å². The van der Waals surface area contributed by atoms with E-state index in [-0.39, 0.29) is 5.56 Å². The molecule has 0 aliphatic heterocycles. The average molecular weight is 303 g/mol. The molecule has 0 saturated heterocycles. The Morgan fingerprint density at radius 2 is 2.29 bits per heavy atom. The lowest BCUT2D eigenvalue weighted by molar-refractivity contribution is 0.0698. The van der Waals surface area contributed by atoms with Crippen LogP contribution in [-0.2, 0) is 11.2 Å². The molecule has 3 rings (SSSR count). The Morgan fingerprint density at radius 3 is 2.95 bits per heavy atom. The van der Waals surface area contributed by atoms with Crippen LogP contribution in [0.5, 0.6) is 0 Å². The monoisotopic (exact) mass is 303 g/mol. The van der Waals surface area contributed by atoms with Crippen molar-refractivity contribution in [3.63, 3.8) is 0 Å². The van der Waals surface area contributed by atoms with Crippen molar-refractivity contribution in [2.24, 2.45) is 0 Å². The molecule has 3 heterocycles. The summed E-state index contributed by atoms with van der Waals surface area (Å²) >= 11 is 1.57. The molecule has 0 bridgehead atoms. The van der Waals surface area contributed by atoms with Crippen LogP contribution in [0.3, 0.4) is 0 Å². The first-order valence-electron chi connectivity index (χ1n) is 6.35. The predicted octanol–water partition coefficient (Wildman–Crippen LogP) is 2.34. The second kappa shape index (κ2) is 5.63. The number of thiophene rings is 1. The second-order valence-corrected chi connectivity index (χ2v) is 5.37. The van der Waals surface area contributed by atoms with Crippen molar-refractivity contribution in [2.45, 2.75) is 6.42 Å². The summed E-state index contributed by atoms with van der Waals surface area (Å²) in [5.41, 5.74) is 1.34. The molecular formula is C14H13N3O3S. The van der Waals surface area contributed by atoms with Crippen molar-refractivity contribution < 1.29 is 14.6 Å². The molecule has 1 N–H and O–H groups in total. The van der Waals surface area contributed by atoms with Crippen LogP contribution in [0.2, 0.25) is 0 Å². The first-order chi connectivity index (χ1) is 10.2. The largest absolute Gasteiger partial charge is 0.478 e. The lowest BCUT2D eigenvalue weighted by Gasteiger charge is -2.03. The highest BCUT2D eigenvalue weighted by Crippen LogP contribution is 2.26. The van der Waals surface area contributed by atoms with Crippen LogP contribution in [0.4, 0.5) is 0 Å². The van der Waals surface area contributed by atoms with Gasteiger partial charge in [-0.1, -0.05) is 6.07 Å². The molecule has 0 spiro atoms. The topological polar surface area (TPSA) is 76.7 Å². The van der Waals surface area contributed by atoms with E-state index in [9.17, 15) is 9.90 Å². The molecule has 108 valence electrons. The average Bonchev–Trinajstić information content (AvgIpc) is 3.12. The highest BCUT2D eigenvalue weighted by molar-refractivity contribution is 7.13. The van der Waals surface area contributed by atoms with Gasteiger partial charge in [-0.25, -0.2) is 14.3 Å². The van der Waals surface area contributed by atoms with E-state index in [2.05, 4.69) is 10.1 Å². The van der Waals surface area contributed by atoms with E-state index >= 15 is 0 Å². The van der Waals surface area contributed by atoms with Gasteiger partial charge in [-0.2, -0.15) is 5.10 Å². The number of fused-ring (bicyclic) bond motifs is 1. The van der Waals surface area contributed by atoms with Crippen LogP contribution in [0.25, 0.3) is 16.2 Å². The van der Waals surface area contributed by atoms with Crippen LogP contribution < -0.4 is 0 Å². The number of aromatic carboxylic acids is 1. The fourth-order valence-corrected chi connectivity index (χ4v) is 2.82. The van der Waals surface area contributed by atoms with Crippen molar-refractivity contribution in [1.82, 2.24) is 14.6 Å². The van der Waals surface area contributed by atoms with Gasteiger partial charge in [0.15, 0.2) is 11.5 Å². The smallest absolute Gasteiger partial charge is 0.339 e. The SMILES string of the molecule is COCCc1nc2c(C(=O)O)ccc(-c3cccs3)n2n1. The molecule has 0 amide bonds. The van der Waals surface area contributed by atoms with E-state index in [1.807, 2.05) is 17.5 Å². The molecule has 7 heteroatoms. The number of pyridine rings is 1. The summed E-state index contributed by atoms with van der Waals surface area (Å²) in [5.74, 6) is -0.438. The van der Waals surface area contributed by atoms with E-state index in [1.165, 1.54) is 0 Å². The van der Waals surface area contributed by atoms with E-state index < -0.39 is 5.97 Å². The summed E-state index contributed by atoms with van der Waals surface area (Å²) in [6.07, 6.45) is 0.543. The number of rotatable bonds is 5. The molecule has 6 nitrogen and oxygen atoms in total. The first-order valence-corrected chi connectivity index (χ1v) is 7.23. The van der Waals surface area contributed by atoms with Gasteiger partial charge >= 0.3 is 5.97 Å². The quantitative estimate of drug-likeness (QED) is 0.783. The third-order valence-electron chi connectivity index (χ3n) is 3.06. The zero-order valence-corrected chi connectivity index (χ0v) is 12.1. The van der Waals surface area contributed by atoms with Crippen LogP contribution in [0, 0.1) is 0 Å². The molecule has 0 aliphatic rings. The van der Waals surface area contributed by atoms with Gasteiger partial charge in [-0.05, 0) is 23.6 Å². The highest BCUT2D eigenvalue weighted by Gasteiger charge is 2.17. The Balaban J connectivity index is 2.19. The van der Waals surface area contributed by atoms with Gasteiger partial charge in [-0.3, -0.25) is 0 Å². The molecule has 3 aromatic rings. The molecule has 0 radical (unpaired) electrons. The zero-order valence-electron chi connectivity index (χ0n) is 11.3. The van der Waals surface area contributed by atoms with Crippen LogP contribution in [0.1, 0.15) is 16.2 Å². The number of carboxylic acids is 1. The van der Waals surface area contributed by atoms with Gasteiger partial charge in [0.1, 0.15) is 5.56 Å². The number of hydrogen-bond acceptors (Lipinski definition) is 5. The molecular weight excluding hydrogens is 290 g/mol. The summed E-state index contributed by atoms with van der Waals surface area (Å²) in [6.45, 7) is 0.494. The summed E-state index contributed by atoms with van der Waals surface area (Å²) in [7, 11) is 1.61. The predicted molar refractivity (Wildman–Crippen MR) is 78.8 cm³/mol. The highest BCUT2D eigenvalue weighted by atomic mass is 32.1. The van der Waals surface area contributed by atoms with Gasteiger partial charge in [0.25, 0.3) is 0 Å². The van der Waals surface area contributed by atoms with E-state index in [1.54, 1.807) is 35.1 Å². The standard InChI is InChI=1S/C14H13N3O3S/c1-20-7-6-12-15-13-9(14(18)19)4-5-10(17(13)16-12)11-3-2-8-21-11/h2-5,8H,6-7H2,1H3,(H,18,19). The van der Waals surface area contributed by atoms with E-state index in [0.29, 0.717) is 24.5 Å². The molecule has 0 aliphatic carbocycles. The Labute approximate surface area is 124 Å². The first kappa shape index (κ1) is 13.7. The number of carboxylic acid groups (broad SMARTS) is 1. The van der Waals surface area contributed by atoms with Crippen LogP contribution >= 0.6 is 11.3 Å². The normalized spacial score (nSPS) is 11.1. The maximum Gasteiger partial charge on any atom is 0.339 e. The van der Waals surface area contributed by atoms with Gasteiger partial charge < -0.3 is 9.84 Å². The lowest BCUT2D eigenvalue weighted by Crippen LogP contribution is -2.03. The summed E-state index contributed by atoms with van der Waals surface area (Å²) in [6, 6.07) is 7.24. The fraction of sp³-hybridized carbons (Fsp3) is 0.214. The molecule has 3 aromatic heterocycles. The third-order valence-corrected chi connectivity index (χ3v) is 3.95. The molecule has 0 aromatic carbocycles. The van der Waals surface area contributed by atoms with Crippen LogP contribution in [0.15, 0.2) is 29.6 Å². The Morgan fingerprint density at radius 1 is 1.43 bits per heavy atom. The van der Waals surface area contributed by atoms with Gasteiger partial charge in [0.05, 0.1) is 17.2 Å². The summed E-state index contributed by atoms with van der Waals surface area (Å²) in [4.78, 5) is 16.7. The van der Waals surface area contributed by atoms with Crippen LogP contribution in [-0.4, -0.2) is 39.4 Å². The molecule has 21 heavy (non-hydrogen) atoms. The zero-order chi connectivity index (χ0) is 14.8. The number of hydrogen-bond donors (Lipinski definition) is 1. The molecule has 0 fully saturated rings. The molecule has 0 saturated carbocycles. The maximum absolute atomic E-state index is 11.3. The number of ether oxygens (including phenoxy) is 1. The number of methoxy groups -OCH3 is 1.